The average molecular weight is 329 g/mol. The first-order valence-electron chi connectivity index (χ1n) is 4.96. The molecule has 0 bridgehead atoms. The molecular weight excluding hydrogens is 313 g/mol. The van der Waals surface area contributed by atoms with Crippen LogP contribution in [0.4, 0.5) is 5.82 Å². The molecule has 1 heterocycles. The lowest BCUT2D eigenvalue weighted by atomic mass is 10.3. The van der Waals surface area contributed by atoms with Gasteiger partial charge in [0.1, 0.15) is 5.82 Å². The van der Waals surface area contributed by atoms with E-state index in [2.05, 4.69) is 34.2 Å². The molecule has 86 valence electrons. The molecule has 0 N–H and O–H groups in total. The Bertz CT molecular complexity index is 399. The summed E-state index contributed by atoms with van der Waals surface area (Å²) < 4.78 is 1.16. The third kappa shape index (κ3) is 3.31. The predicted octanol–water partition coefficient (Wildman–Crippen LogP) is 3.06. The topological polar surface area (TPSA) is 19.4 Å². The van der Waals surface area contributed by atoms with E-state index in [0.717, 1.165) is 15.1 Å². The highest BCUT2D eigenvalue weighted by Gasteiger charge is 2.12. The second-order valence-electron chi connectivity index (χ2n) is 3.48. The Kier molecular flexibility index (Phi) is 4.95. The molecule has 0 saturated carbocycles. The number of anilines is 1. The maximum absolute atomic E-state index is 4.35. The highest BCUT2D eigenvalue weighted by Crippen LogP contribution is 2.19. The molecule has 0 atom stereocenters. The molecule has 0 amide bonds. The molecule has 0 saturated heterocycles. The highest BCUT2D eigenvalue weighted by molar-refractivity contribution is 14.1. The quantitative estimate of drug-likeness (QED) is 0.481. The second kappa shape index (κ2) is 6.00. The molecule has 1 rings (SSSR count). The Balaban J connectivity index is 3.07. The van der Waals surface area contributed by atoms with E-state index in [-0.39, 0.29) is 0 Å². The minimum absolute atomic E-state index is 0.875. The number of allylic oxidation sites excluding steroid dienone is 2. The van der Waals surface area contributed by atoms with Crippen LogP contribution in [0.15, 0.2) is 42.8 Å². The van der Waals surface area contributed by atoms with Crippen molar-refractivity contribution >= 4 is 28.4 Å². The van der Waals surface area contributed by atoms with Gasteiger partial charge in [0, 0.05) is 23.9 Å². The van der Waals surface area contributed by atoms with Gasteiger partial charge in [0.05, 0.1) is 5.70 Å². The number of pyridine rings is 1. The van der Waals surface area contributed by atoms with Crippen molar-refractivity contribution in [3.8, 4) is 0 Å². The minimum atomic E-state index is 0.875. The fourth-order valence-electron chi connectivity index (χ4n) is 1.38. The van der Waals surface area contributed by atoms with Crippen LogP contribution in [0.25, 0.3) is 0 Å². The molecule has 3 nitrogen and oxygen atoms in total. The van der Waals surface area contributed by atoms with Crippen molar-refractivity contribution in [2.24, 2.45) is 0 Å². The van der Waals surface area contributed by atoms with Gasteiger partial charge < -0.3 is 0 Å². The number of hydrogen-bond donors (Lipinski definition) is 0. The first-order valence-corrected chi connectivity index (χ1v) is 6.04. The van der Waals surface area contributed by atoms with E-state index in [1.54, 1.807) is 6.20 Å². The average Bonchev–Trinajstić information content (AvgIpc) is 2.17. The van der Waals surface area contributed by atoms with Gasteiger partial charge in [-0.05, 0) is 47.7 Å². The molecule has 0 aliphatic heterocycles. The van der Waals surface area contributed by atoms with Crippen LogP contribution in [-0.2, 0) is 0 Å². The molecule has 0 unspecified atom stereocenters. The van der Waals surface area contributed by atoms with Gasteiger partial charge in [-0.1, -0.05) is 12.7 Å². The molecule has 0 aliphatic carbocycles. The standard InChI is InChI=1S/C12H16IN3/c1-5-6-10(2)16(15(3)4)12-9-11(13)7-8-14-12/h5-9H,2H2,1,3-4H3/b6-5-. The summed E-state index contributed by atoms with van der Waals surface area (Å²) in [7, 11) is 3.94. The largest absolute Gasteiger partial charge is 0.258 e. The number of rotatable bonds is 4. The lowest BCUT2D eigenvalue weighted by Crippen LogP contribution is -2.36. The molecule has 0 fully saturated rings. The highest BCUT2D eigenvalue weighted by atomic mass is 127. The third-order valence-corrected chi connectivity index (χ3v) is 2.63. The summed E-state index contributed by atoms with van der Waals surface area (Å²) >= 11 is 2.27. The van der Waals surface area contributed by atoms with Crippen molar-refractivity contribution < 1.29 is 0 Å². The smallest absolute Gasteiger partial charge is 0.148 e. The zero-order chi connectivity index (χ0) is 12.1. The van der Waals surface area contributed by atoms with Gasteiger partial charge in [0.15, 0.2) is 0 Å². The number of hydrogen-bond acceptors (Lipinski definition) is 3. The van der Waals surface area contributed by atoms with E-state index in [1.807, 2.05) is 55.3 Å². The van der Waals surface area contributed by atoms with Crippen LogP contribution in [0.2, 0.25) is 0 Å². The number of nitrogens with zero attached hydrogens (tertiary/aromatic N) is 3. The van der Waals surface area contributed by atoms with Crippen LogP contribution in [0, 0.1) is 3.57 Å². The number of halogens is 1. The van der Waals surface area contributed by atoms with Crippen LogP contribution < -0.4 is 5.01 Å². The SMILES string of the molecule is C=C(/C=C\C)N(c1cc(I)ccn1)N(C)C. The fourth-order valence-corrected chi connectivity index (χ4v) is 1.82. The molecule has 0 aromatic carbocycles. The van der Waals surface area contributed by atoms with E-state index in [1.165, 1.54) is 0 Å². The summed E-state index contributed by atoms with van der Waals surface area (Å²) in [6, 6.07) is 3.99. The van der Waals surface area contributed by atoms with Crippen molar-refractivity contribution in [2.75, 3.05) is 19.1 Å². The van der Waals surface area contributed by atoms with Gasteiger partial charge in [0.2, 0.25) is 0 Å². The van der Waals surface area contributed by atoms with Gasteiger partial charge in [0.25, 0.3) is 0 Å². The maximum atomic E-state index is 4.35. The zero-order valence-electron chi connectivity index (χ0n) is 9.81. The van der Waals surface area contributed by atoms with E-state index in [0.29, 0.717) is 0 Å². The van der Waals surface area contributed by atoms with Crippen molar-refractivity contribution in [3.05, 3.63) is 46.3 Å². The van der Waals surface area contributed by atoms with E-state index < -0.39 is 0 Å². The maximum Gasteiger partial charge on any atom is 0.148 e. The van der Waals surface area contributed by atoms with Crippen LogP contribution in [-0.4, -0.2) is 24.1 Å². The molecule has 1 aromatic heterocycles. The van der Waals surface area contributed by atoms with E-state index in [9.17, 15) is 0 Å². The second-order valence-corrected chi connectivity index (χ2v) is 4.73. The van der Waals surface area contributed by atoms with Crippen LogP contribution in [0.5, 0.6) is 0 Å². The van der Waals surface area contributed by atoms with Gasteiger partial charge in [-0.2, -0.15) is 0 Å². The Morgan fingerprint density at radius 1 is 1.50 bits per heavy atom. The van der Waals surface area contributed by atoms with Gasteiger partial charge in [-0.25, -0.2) is 9.99 Å². The van der Waals surface area contributed by atoms with Crippen LogP contribution in [0.1, 0.15) is 6.92 Å². The van der Waals surface area contributed by atoms with Crippen LogP contribution >= 0.6 is 22.6 Å². The summed E-state index contributed by atoms with van der Waals surface area (Å²) in [6.07, 6.45) is 5.73. The van der Waals surface area contributed by atoms with Gasteiger partial charge in [-0.15, -0.1) is 0 Å². The van der Waals surface area contributed by atoms with E-state index >= 15 is 0 Å². The van der Waals surface area contributed by atoms with Crippen molar-refractivity contribution in [1.82, 2.24) is 9.99 Å². The summed E-state index contributed by atoms with van der Waals surface area (Å²) in [6.45, 7) is 6.00. The molecule has 0 spiro atoms. The first-order chi connectivity index (χ1) is 7.56. The Labute approximate surface area is 111 Å². The van der Waals surface area contributed by atoms with E-state index in [4.69, 9.17) is 0 Å². The van der Waals surface area contributed by atoms with Crippen molar-refractivity contribution in [3.63, 3.8) is 0 Å². The van der Waals surface area contributed by atoms with Gasteiger partial charge >= 0.3 is 0 Å². The third-order valence-electron chi connectivity index (χ3n) is 1.96. The zero-order valence-corrected chi connectivity index (χ0v) is 12.0. The minimum Gasteiger partial charge on any atom is -0.258 e. The summed E-state index contributed by atoms with van der Waals surface area (Å²) in [5.74, 6) is 0.875. The van der Waals surface area contributed by atoms with Gasteiger partial charge in [-0.3, -0.25) is 5.01 Å². The number of aromatic nitrogens is 1. The molecule has 16 heavy (non-hydrogen) atoms. The molecule has 0 radical (unpaired) electrons. The normalized spacial score (nSPS) is 11.1. The summed E-state index contributed by atoms with van der Waals surface area (Å²) in [5, 5.41) is 3.92. The summed E-state index contributed by atoms with van der Waals surface area (Å²) in [4.78, 5) is 4.35. The first kappa shape index (κ1) is 13.2. The molecule has 1 aromatic rings. The lowest BCUT2D eigenvalue weighted by Gasteiger charge is -2.30. The Hall–Kier alpha value is -0.880. The Morgan fingerprint density at radius 2 is 2.19 bits per heavy atom. The van der Waals surface area contributed by atoms with Crippen molar-refractivity contribution in [2.45, 2.75) is 6.92 Å². The fraction of sp³-hybridized carbons (Fsp3) is 0.250. The lowest BCUT2D eigenvalue weighted by molar-refractivity contribution is 0.401. The molecular formula is C12H16IN3. The monoisotopic (exact) mass is 329 g/mol. The molecule has 4 heteroatoms. The summed E-state index contributed by atoms with van der Waals surface area (Å²) in [5.41, 5.74) is 0.891. The Morgan fingerprint density at radius 3 is 2.69 bits per heavy atom. The predicted molar refractivity (Wildman–Crippen MR) is 77.1 cm³/mol. The van der Waals surface area contributed by atoms with Crippen molar-refractivity contribution in [1.29, 1.82) is 0 Å². The number of hydrazine groups is 1. The molecule has 0 aliphatic rings. The van der Waals surface area contributed by atoms with Crippen LogP contribution in [0.3, 0.4) is 0 Å².